The second-order valence-corrected chi connectivity index (χ2v) is 3.29. The van der Waals surface area contributed by atoms with E-state index in [1.807, 2.05) is 6.92 Å². The lowest BCUT2D eigenvalue weighted by Gasteiger charge is -2.32. The van der Waals surface area contributed by atoms with Gasteiger partial charge in [0.1, 0.15) is 0 Å². The van der Waals surface area contributed by atoms with Gasteiger partial charge in [0.25, 0.3) is 11.7 Å². The van der Waals surface area contributed by atoms with Crippen LogP contribution in [-0.4, -0.2) is 57.1 Å². The second kappa shape index (κ2) is 3.70. The predicted octanol–water partition coefficient (Wildman–Crippen LogP) is -1.37. The van der Waals surface area contributed by atoms with Gasteiger partial charge in [0.05, 0.1) is 0 Å². The Morgan fingerprint density at radius 2 is 2.50 bits per heavy atom. The zero-order chi connectivity index (χ0) is 9.97. The number of aromatic amines is 1. The molecule has 1 aliphatic rings. The smallest absolute Gasteiger partial charge is 0.295 e. The summed E-state index contributed by atoms with van der Waals surface area (Å²) in [7, 11) is 0. The molecular weight excluding hydrogens is 184 g/mol. The Hall–Kier alpha value is -1.50. The molecule has 1 saturated heterocycles. The van der Waals surface area contributed by atoms with Gasteiger partial charge >= 0.3 is 0 Å². The van der Waals surface area contributed by atoms with Gasteiger partial charge in [-0.25, -0.2) is 0 Å². The Labute approximate surface area is 80.9 Å². The molecule has 0 aromatic carbocycles. The quantitative estimate of drug-likeness (QED) is 0.579. The van der Waals surface area contributed by atoms with E-state index in [2.05, 4.69) is 25.9 Å². The third kappa shape index (κ3) is 1.58. The molecule has 0 aliphatic carbocycles. The van der Waals surface area contributed by atoms with Crippen molar-refractivity contribution >= 4 is 5.91 Å². The Kier molecular flexibility index (Phi) is 2.40. The normalized spacial score (nSPS) is 22.4. The van der Waals surface area contributed by atoms with Crippen molar-refractivity contribution in [3.05, 3.63) is 5.82 Å². The van der Waals surface area contributed by atoms with Crippen molar-refractivity contribution in [1.29, 1.82) is 0 Å². The fourth-order valence-corrected chi connectivity index (χ4v) is 1.52. The first-order chi connectivity index (χ1) is 6.79. The van der Waals surface area contributed by atoms with Crippen LogP contribution in [0.2, 0.25) is 0 Å². The monoisotopic (exact) mass is 196 g/mol. The molecular formula is C7H12N6O. The first kappa shape index (κ1) is 9.07. The highest BCUT2D eigenvalue weighted by atomic mass is 16.2. The van der Waals surface area contributed by atoms with Crippen molar-refractivity contribution < 1.29 is 4.79 Å². The van der Waals surface area contributed by atoms with Crippen LogP contribution >= 0.6 is 0 Å². The summed E-state index contributed by atoms with van der Waals surface area (Å²) in [5.74, 6) is -0.0218. The molecule has 0 radical (unpaired) electrons. The molecule has 1 atom stereocenters. The third-order valence-corrected chi connectivity index (χ3v) is 2.30. The van der Waals surface area contributed by atoms with Crippen LogP contribution in [0.3, 0.4) is 0 Å². The van der Waals surface area contributed by atoms with Crippen LogP contribution < -0.4 is 5.32 Å². The van der Waals surface area contributed by atoms with Crippen molar-refractivity contribution in [1.82, 2.24) is 30.8 Å². The number of H-pyrrole nitrogens is 1. The molecule has 0 unspecified atom stereocenters. The fraction of sp³-hybridized carbons (Fsp3) is 0.714. The van der Waals surface area contributed by atoms with Crippen LogP contribution in [0, 0.1) is 0 Å². The van der Waals surface area contributed by atoms with Gasteiger partial charge in [-0.2, -0.15) is 5.21 Å². The van der Waals surface area contributed by atoms with Gasteiger partial charge in [-0.3, -0.25) is 4.79 Å². The number of tetrazole rings is 1. The fourth-order valence-electron chi connectivity index (χ4n) is 1.52. The van der Waals surface area contributed by atoms with Gasteiger partial charge in [0.2, 0.25) is 0 Å². The van der Waals surface area contributed by atoms with Crippen LogP contribution in [0.5, 0.6) is 0 Å². The van der Waals surface area contributed by atoms with Crippen LogP contribution in [0.15, 0.2) is 0 Å². The maximum absolute atomic E-state index is 11.8. The van der Waals surface area contributed by atoms with Crippen LogP contribution in [0.1, 0.15) is 17.5 Å². The maximum Gasteiger partial charge on any atom is 0.295 e. The number of rotatable bonds is 1. The second-order valence-electron chi connectivity index (χ2n) is 3.29. The molecule has 1 aromatic heterocycles. The van der Waals surface area contributed by atoms with Crippen molar-refractivity contribution in [2.45, 2.75) is 13.0 Å². The van der Waals surface area contributed by atoms with Crippen molar-refractivity contribution in [2.24, 2.45) is 0 Å². The van der Waals surface area contributed by atoms with E-state index in [1.165, 1.54) is 0 Å². The maximum atomic E-state index is 11.8. The molecule has 76 valence electrons. The van der Waals surface area contributed by atoms with Gasteiger partial charge in [0, 0.05) is 25.7 Å². The van der Waals surface area contributed by atoms with Gasteiger partial charge in [-0.15, -0.1) is 10.2 Å². The summed E-state index contributed by atoms with van der Waals surface area (Å²) in [4.78, 5) is 13.5. The van der Waals surface area contributed by atoms with Gasteiger partial charge in [0.15, 0.2) is 0 Å². The Morgan fingerprint density at radius 1 is 1.64 bits per heavy atom. The van der Waals surface area contributed by atoms with Crippen molar-refractivity contribution in [3.63, 3.8) is 0 Å². The van der Waals surface area contributed by atoms with Crippen molar-refractivity contribution in [3.8, 4) is 0 Å². The summed E-state index contributed by atoms with van der Waals surface area (Å²) in [6.07, 6.45) is 0. The van der Waals surface area contributed by atoms with E-state index in [4.69, 9.17) is 0 Å². The molecule has 2 rings (SSSR count). The lowest BCUT2D eigenvalue weighted by Crippen LogP contribution is -2.52. The minimum Gasteiger partial charge on any atom is -0.331 e. The topological polar surface area (TPSA) is 86.8 Å². The third-order valence-electron chi connectivity index (χ3n) is 2.30. The number of amides is 1. The highest BCUT2D eigenvalue weighted by molar-refractivity contribution is 5.90. The zero-order valence-electron chi connectivity index (χ0n) is 7.90. The SMILES string of the molecule is C[C@@H]1CNCCN1C(=O)c1nn[nH]n1. The van der Waals surface area contributed by atoms with E-state index in [1.54, 1.807) is 4.90 Å². The molecule has 2 N–H and O–H groups in total. The number of carbonyl (C=O) groups is 1. The number of nitrogens with zero attached hydrogens (tertiary/aromatic N) is 4. The van der Waals surface area contributed by atoms with E-state index in [9.17, 15) is 4.79 Å². The predicted molar refractivity (Wildman–Crippen MR) is 47.5 cm³/mol. The first-order valence-corrected chi connectivity index (χ1v) is 4.54. The van der Waals surface area contributed by atoms with Crippen LogP contribution in [0.4, 0.5) is 0 Å². The Morgan fingerprint density at radius 3 is 3.14 bits per heavy atom. The molecule has 1 aliphatic heterocycles. The number of hydrogen-bond donors (Lipinski definition) is 2. The molecule has 1 aromatic rings. The minimum atomic E-state index is -0.159. The molecule has 7 nitrogen and oxygen atoms in total. The van der Waals surface area contributed by atoms with Crippen molar-refractivity contribution in [2.75, 3.05) is 19.6 Å². The van der Waals surface area contributed by atoms with Gasteiger partial charge in [-0.05, 0) is 12.1 Å². The minimum absolute atomic E-state index is 0.138. The summed E-state index contributed by atoms with van der Waals surface area (Å²) >= 11 is 0. The van der Waals surface area contributed by atoms with E-state index in [0.29, 0.717) is 6.54 Å². The lowest BCUT2D eigenvalue weighted by atomic mass is 10.2. The summed E-state index contributed by atoms with van der Waals surface area (Å²) in [5, 5.41) is 16.2. The number of aromatic nitrogens is 4. The largest absolute Gasteiger partial charge is 0.331 e. The van der Waals surface area contributed by atoms with Gasteiger partial charge in [-0.1, -0.05) is 0 Å². The number of nitrogens with one attached hydrogen (secondary N) is 2. The summed E-state index contributed by atoms with van der Waals surface area (Å²) in [6, 6.07) is 0.176. The highest BCUT2D eigenvalue weighted by Crippen LogP contribution is 2.05. The number of hydrogen-bond acceptors (Lipinski definition) is 5. The Balaban J connectivity index is 2.10. The lowest BCUT2D eigenvalue weighted by molar-refractivity contribution is 0.0643. The van der Waals surface area contributed by atoms with E-state index in [0.717, 1.165) is 13.1 Å². The molecule has 2 heterocycles. The van der Waals surface area contributed by atoms with E-state index < -0.39 is 0 Å². The number of carbonyl (C=O) groups excluding carboxylic acids is 1. The molecule has 14 heavy (non-hydrogen) atoms. The summed E-state index contributed by atoms with van der Waals surface area (Å²) in [6.45, 7) is 4.30. The summed E-state index contributed by atoms with van der Waals surface area (Å²) < 4.78 is 0. The highest BCUT2D eigenvalue weighted by Gasteiger charge is 2.26. The molecule has 7 heteroatoms. The van der Waals surface area contributed by atoms with Gasteiger partial charge < -0.3 is 10.2 Å². The van der Waals surface area contributed by atoms with E-state index >= 15 is 0 Å². The average Bonchev–Trinajstić information content (AvgIpc) is 2.70. The van der Waals surface area contributed by atoms with Crippen LogP contribution in [-0.2, 0) is 0 Å². The van der Waals surface area contributed by atoms with E-state index in [-0.39, 0.29) is 17.8 Å². The molecule has 0 spiro atoms. The summed E-state index contributed by atoms with van der Waals surface area (Å²) in [5.41, 5.74) is 0. The zero-order valence-corrected chi connectivity index (χ0v) is 7.90. The molecule has 0 saturated carbocycles. The van der Waals surface area contributed by atoms with Crippen LogP contribution in [0.25, 0.3) is 0 Å². The average molecular weight is 196 g/mol. The standard InChI is InChI=1S/C7H12N6O/c1-5-4-8-2-3-13(5)7(14)6-9-11-12-10-6/h5,8H,2-4H2,1H3,(H,9,10,11,12)/t5-/m1/s1. The molecule has 1 amide bonds. The number of piperazine rings is 1. The first-order valence-electron chi connectivity index (χ1n) is 4.54. The molecule has 0 bridgehead atoms. The Bertz CT molecular complexity index is 310. The molecule has 1 fully saturated rings.